The summed E-state index contributed by atoms with van der Waals surface area (Å²) in [5.74, 6) is -0.416. The molecular weight excluding hydrogens is 388 g/mol. The van der Waals surface area contributed by atoms with Crippen molar-refractivity contribution in [1.82, 2.24) is 20.2 Å². The van der Waals surface area contributed by atoms with E-state index < -0.39 is 10.8 Å². The molecule has 4 rings (SSSR count). The van der Waals surface area contributed by atoms with Gasteiger partial charge in [-0.25, -0.2) is 0 Å². The smallest absolute Gasteiger partial charge is 0.250 e. The molecule has 2 aromatic carbocycles. The van der Waals surface area contributed by atoms with Gasteiger partial charge in [0.25, 0.3) is 0 Å². The maximum Gasteiger partial charge on any atom is 0.250 e. The summed E-state index contributed by atoms with van der Waals surface area (Å²) in [5.41, 5.74) is 1.09. The Bertz CT molecular complexity index is 1070. The highest BCUT2D eigenvalue weighted by Gasteiger charge is 2.45. The van der Waals surface area contributed by atoms with Crippen LogP contribution >= 0.6 is 11.8 Å². The Hall–Kier alpha value is -3.20. The van der Waals surface area contributed by atoms with E-state index in [0.717, 1.165) is 5.69 Å². The minimum atomic E-state index is -1.02. The van der Waals surface area contributed by atoms with E-state index in [0.29, 0.717) is 16.5 Å². The third-order valence-electron chi connectivity index (χ3n) is 4.80. The van der Waals surface area contributed by atoms with Gasteiger partial charge in [0, 0.05) is 0 Å². The molecule has 1 aromatic heterocycles. The Kier molecular flexibility index (Phi) is 4.83. The quantitative estimate of drug-likeness (QED) is 0.667. The van der Waals surface area contributed by atoms with Gasteiger partial charge in [-0.1, -0.05) is 42.1 Å². The molecule has 0 radical (unpaired) electrons. The molecule has 3 aromatic rings. The number of carbonyl (C=O) groups is 2. The van der Waals surface area contributed by atoms with E-state index in [1.165, 1.54) is 11.8 Å². The first-order valence-corrected chi connectivity index (χ1v) is 10.0. The fourth-order valence-electron chi connectivity index (χ4n) is 3.22. The summed E-state index contributed by atoms with van der Waals surface area (Å²) in [6, 6.07) is 16.8. The molecule has 29 heavy (non-hydrogen) atoms. The largest absolute Gasteiger partial charge is 0.322 e. The Balaban J connectivity index is 1.64. The van der Waals surface area contributed by atoms with Gasteiger partial charge in [-0.2, -0.15) is 4.68 Å². The van der Waals surface area contributed by atoms with Crippen molar-refractivity contribution in [2.24, 2.45) is 0 Å². The average molecular weight is 408 g/mol. The predicted molar refractivity (Wildman–Crippen MR) is 111 cm³/mol. The molecule has 1 atom stereocenters. The van der Waals surface area contributed by atoms with Crippen LogP contribution in [0.2, 0.25) is 0 Å². The van der Waals surface area contributed by atoms with Crippen molar-refractivity contribution in [3.05, 3.63) is 54.6 Å². The molecular formula is C20H20N6O2S. The van der Waals surface area contributed by atoms with Gasteiger partial charge >= 0.3 is 0 Å². The van der Waals surface area contributed by atoms with Gasteiger partial charge in [-0.05, 0) is 55.5 Å². The molecule has 0 saturated heterocycles. The zero-order valence-electron chi connectivity index (χ0n) is 16.2. The third-order valence-corrected chi connectivity index (χ3v) is 5.82. The van der Waals surface area contributed by atoms with Crippen LogP contribution in [0.3, 0.4) is 0 Å². The summed E-state index contributed by atoms with van der Waals surface area (Å²) >= 11 is 1.25. The second-order valence-corrected chi connectivity index (χ2v) is 8.48. The monoisotopic (exact) mass is 408 g/mol. The van der Waals surface area contributed by atoms with Crippen LogP contribution in [-0.2, 0) is 9.59 Å². The molecule has 0 spiro atoms. The molecule has 1 aliphatic heterocycles. The Labute approximate surface area is 172 Å². The van der Waals surface area contributed by atoms with Gasteiger partial charge in [-0.15, -0.1) is 5.10 Å². The normalized spacial score (nSPS) is 16.1. The highest BCUT2D eigenvalue weighted by molar-refractivity contribution is 8.00. The summed E-state index contributed by atoms with van der Waals surface area (Å²) in [4.78, 5) is 27.6. The molecule has 2 heterocycles. The first-order chi connectivity index (χ1) is 13.9. The van der Waals surface area contributed by atoms with Crippen molar-refractivity contribution in [3.8, 4) is 5.69 Å². The number of para-hydroxylation sites is 3. The van der Waals surface area contributed by atoms with E-state index in [-0.39, 0.29) is 11.8 Å². The van der Waals surface area contributed by atoms with E-state index in [4.69, 9.17) is 0 Å². The first kappa shape index (κ1) is 19.1. The molecule has 0 aliphatic carbocycles. The second-order valence-electron chi connectivity index (χ2n) is 7.17. The van der Waals surface area contributed by atoms with E-state index in [1.54, 1.807) is 36.4 Å². The van der Waals surface area contributed by atoms with Crippen molar-refractivity contribution < 1.29 is 9.59 Å². The van der Waals surface area contributed by atoms with Gasteiger partial charge < -0.3 is 5.32 Å². The van der Waals surface area contributed by atoms with Crippen molar-refractivity contribution in [2.75, 3.05) is 10.2 Å². The minimum absolute atomic E-state index is 0.190. The Morgan fingerprint density at radius 1 is 1.10 bits per heavy atom. The Morgan fingerprint density at radius 2 is 1.79 bits per heavy atom. The van der Waals surface area contributed by atoms with Crippen LogP contribution in [0.4, 0.5) is 11.4 Å². The lowest BCUT2D eigenvalue weighted by Gasteiger charge is -2.42. The zero-order valence-corrected chi connectivity index (χ0v) is 17.1. The molecule has 1 aliphatic rings. The van der Waals surface area contributed by atoms with Crippen LogP contribution in [0.5, 0.6) is 0 Å². The summed E-state index contributed by atoms with van der Waals surface area (Å²) in [5, 5.41) is 14.7. The lowest BCUT2D eigenvalue weighted by Crippen LogP contribution is -2.60. The van der Waals surface area contributed by atoms with Crippen molar-refractivity contribution in [1.29, 1.82) is 0 Å². The number of amides is 2. The molecule has 148 valence electrons. The number of hydrogen-bond donors (Lipinski definition) is 1. The molecule has 9 heteroatoms. The summed E-state index contributed by atoms with van der Waals surface area (Å²) < 4.78 is 1.59. The van der Waals surface area contributed by atoms with Gasteiger partial charge in [0.05, 0.1) is 22.3 Å². The van der Waals surface area contributed by atoms with Crippen molar-refractivity contribution in [2.45, 2.75) is 36.7 Å². The number of tetrazole rings is 1. The van der Waals surface area contributed by atoms with Gasteiger partial charge in [-0.3, -0.25) is 14.5 Å². The number of rotatable bonds is 4. The maximum absolute atomic E-state index is 13.4. The summed E-state index contributed by atoms with van der Waals surface area (Å²) in [6.07, 6.45) is 0. The highest BCUT2D eigenvalue weighted by Crippen LogP contribution is 2.38. The molecule has 8 nitrogen and oxygen atoms in total. The van der Waals surface area contributed by atoms with Crippen LogP contribution in [0.15, 0.2) is 59.8 Å². The van der Waals surface area contributed by atoms with E-state index in [1.807, 2.05) is 48.5 Å². The fraction of sp³-hybridized carbons (Fsp3) is 0.250. The van der Waals surface area contributed by atoms with Gasteiger partial charge in [0.2, 0.25) is 17.0 Å². The SMILES string of the molecule is C[C@@H](Sc1nnnn1-c1ccccc1)C(=O)N1c2ccccc2NC(=O)C1(C)C. The predicted octanol–water partition coefficient (Wildman–Crippen LogP) is 2.91. The standard InChI is InChI=1S/C20H20N6O2S/c1-13(29-19-22-23-24-26(19)14-9-5-4-6-10-14)17(27)25-16-12-8-7-11-15(16)21-18(28)20(25,2)3/h4-13H,1-3H3,(H,21,28)/t13-/m1/s1. The lowest BCUT2D eigenvalue weighted by atomic mass is 9.96. The van der Waals surface area contributed by atoms with Crippen LogP contribution in [0.25, 0.3) is 5.69 Å². The number of nitrogens with one attached hydrogen (secondary N) is 1. The fourth-order valence-corrected chi connectivity index (χ4v) is 4.07. The van der Waals surface area contributed by atoms with Crippen molar-refractivity contribution >= 4 is 35.0 Å². The number of carbonyl (C=O) groups excluding carboxylic acids is 2. The van der Waals surface area contributed by atoms with Crippen LogP contribution in [-0.4, -0.2) is 42.8 Å². The number of aromatic nitrogens is 4. The molecule has 0 saturated carbocycles. The number of nitrogens with zero attached hydrogens (tertiary/aromatic N) is 5. The molecule has 1 N–H and O–H groups in total. The van der Waals surface area contributed by atoms with Crippen molar-refractivity contribution in [3.63, 3.8) is 0 Å². The first-order valence-electron chi connectivity index (χ1n) is 9.14. The maximum atomic E-state index is 13.4. The Morgan fingerprint density at radius 3 is 2.55 bits per heavy atom. The van der Waals surface area contributed by atoms with E-state index >= 15 is 0 Å². The number of anilines is 2. The van der Waals surface area contributed by atoms with E-state index in [2.05, 4.69) is 20.8 Å². The molecule has 0 unspecified atom stereocenters. The molecule has 0 bridgehead atoms. The minimum Gasteiger partial charge on any atom is -0.322 e. The van der Waals surface area contributed by atoms with Crippen LogP contribution in [0.1, 0.15) is 20.8 Å². The van der Waals surface area contributed by atoms with Crippen LogP contribution in [0, 0.1) is 0 Å². The topological polar surface area (TPSA) is 93.0 Å². The molecule has 2 amide bonds. The average Bonchev–Trinajstić information content (AvgIpc) is 3.17. The van der Waals surface area contributed by atoms with Gasteiger partial charge in [0.15, 0.2) is 0 Å². The number of fused-ring (bicyclic) bond motifs is 1. The summed E-state index contributed by atoms with van der Waals surface area (Å²) in [6.45, 7) is 5.27. The number of thioether (sulfide) groups is 1. The third kappa shape index (κ3) is 3.38. The van der Waals surface area contributed by atoms with Gasteiger partial charge in [0.1, 0.15) is 5.54 Å². The highest BCUT2D eigenvalue weighted by atomic mass is 32.2. The van der Waals surface area contributed by atoms with Crippen LogP contribution < -0.4 is 10.2 Å². The summed E-state index contributed by atoms with van der Waals surface area (Å²) in [7, 11) is 0. The number of hydrogen-bond acceptors (Lipinski definition) is 6. The lowest BCUT2D eigenvalue weighted by molar-refractivity contribution is -0.126. The number of benzene rings is 2. The second kappa shape index (κ2) is 7.32. The molecule has 0 fully saturated rings. The van der Waals surface area contributed by atoms with E-state index in [9.17, 15) is 9.59 Å². The zero-order chi connectivity index (χ0) is 20.6.